The van der Waals surface area contributed by atoms with Crippen molar-refractivity contribution < 1.29 is 9.59 Å². The molecular formula is C19H22N2O2. The second-order valence-corrected chi connectivity index (χ2v) is 5.57. The number of benzene rings is 2. The summed E-state index contributed by atoms with van der Waals surface area (Å²) >= 11 is 0. The standard InChI is InChI=1S/C19H22N2O2/c1-14-8-6-7-11-17(14)13-20-19(23)12-18(21-15(2)22)16-9-4-3-5-10-16/h3-11,18H,12-13H2,1-2H3,(H,20,23)(H,21,22)/t18-/m1/s1. The van der Waals surface area contributed by atoms with Crippen LogP contribution in [0.25, 0.3) is 0 Å². The summed E-state index contributed by atoms with van der Waals surface area (Å²) in [6.45, 7) is 3.97. The Labute approximate surface area is 136 Å². The fourth-order valence-corrected chi connectivity index (χ4v) is 2.44. The highest BCUT2D eigenvalue weighted by molar-refractivity contribution is 5.79. The maximum Gasteiger partial charge on any atom is 0.222 e. The van der Waals surface area contributed by atoms with Crippen LogP contribution in [-0.4, -0.2) is 11.8 Å². The quantitative estimate of drug-likeness (QED) is 0.862. The molecular weight excluding hydrogens is 288 g/mol. The first kappa shape index (κ1) is 16.7. The molecule has 0 aromatic heterocycles. The Bertz CT molecular complexity index is 668. The first-order valence-corrected chi connectivity index (χ1v) is 7.69. The second-order valence-electron chi connectivity index (χ2n) is 5.57. The number of carbonyl (C=O) groups is 2. The molecule has 0 saturated heterocycles. The van der Waals surface area contributed by atoms with Gasteiger partial charge in [0.1, 0.15) is 0 Å². The second kappa shape index (κ2) is 8.13. The number of nitrogens with one attached hydrogen (secondary N) is 2. The van der Waals surface area contributed by atoms with E-state index in [1.807, 2.05) is 61.5 Å². The molecule has 0 unspecified atom stereocenters. The van der Waals surface area contributed by atoms with E-state index in [4.69, 9.17) is 0 Å². The SMILES string of the molecule is CC(=O)N[C@H](CC(=O)NCc1ccccc1C)c1ccccc1. The van der Waals surface area contributed by atoms with Crippen LogP contribution >= 0.6 is 0 Å². The molecule has 2 N–H and O–H groups in total. The van der Waals surface area contributed by atoms with E-state index >= 15 is 0 Å². The zero-order valence-electron chi connectivity index (χ0n) is 13.5. The Morgan fingerprint density at radius 3 is 2.30 bits per heavy atom. The van der Waals surface area contributed by atoms with Gasteiger partial charge in [0.25, 0.3) is 0 Å². The molecule has 0 spiro atoms. The first-order chi connectivity index (χ1) is 11.1. The highest BCUT2D eigenvalue weighted by Gasteiger charge is 2.16. The van der Waals surface area contributed by atoms with Crippen LogP contribution in [0.5, 0.6) is 0 Å². The fourth-order valence-electron chi connectivity index (χ4n) is 2.44. The highest BCUT2D eigenvalue weighted by atomic mass is 16.2. The van der Waals surface area contributed by atoms with Crippen molar-refractivity contribution in [2.24, 2.45) is 0 Å². The number of hydrogen-bond donors (Lipinski definition) is 2. The smallest absolute Gasteiger partial charge is 0.222 e. The number of aryl methyl sites for hydroxylation is 1. The van der Waals surface area contributed by atoms with Gasteiger partial charge in [-0.05, 0) is 23.6 Å². The van der Waals surface area contributed by atoms with Gasteiger partial charge in [0.05, 0.1) is 12.5 Å². The maximum absolute atomic E-state index is 12.2. The van der Waals surface area contributed by atoms with E-state index < -0.39 is 0 Å². The Kier molecular flexibility index (Phi) is 5.92. The van der Waals surface area contributed by atoms with Crippen molar-refractivity contribution in [2.75, 3.05) is 0 Å². The molecule has 0 heterocycles. The lowest BCUT2D eigenvalue weighted by atomic mass is 10.0. The molecule has 2 aromatic rings. The lowest BCUT2D eigenvalue weighted by Gasteiger charge is -2.18. The molecule has 0 aliphatic carbocycles. The molecule has 0 radical (unpaired) electrons. The maximum atomic E-state index is 12.2. The average Bonchev–Trinajstić information content (AvgIpc) is 2.54. The van der Waals surface area contributed by atoms with Gasteiger partial charge in [-0.3, -0.25) is 9.59 Å². The van der Waals surface area contributed by atoms with E-state index in [2.05, 4.69) is 10.6 Å². The van der Waals surface area contributed by atoms with Crippen LogP contribution in [0.15, 0.2) is 54.6 Å². The van der Waals surface area contributed by atoms with Crippen LogP contribution in [0, 0.1) is 6.92 Å². The van der Waals surface area contributed by atoms with Crippen molar-refractivity contribution in [2.45, 2.75) is 32.9 Å². The normalized spacial score (nSPS) is 11.6. The van der Waals surface area contributed by atoms with Crippen molar-refractivity contribution >= 4 is 11.8 Å². The van der Waals surface area contributed by atoms with Gasteiger partial charge in [0, 0.05) is 13.5 Å². The molecule has 120 valence electrons. The van der Waals surface area contributed by atoms with Crippen molar-refractivity contribution in [1.29, 1.82) is 0 Å². The van der Waals surface area contributed by atoms with Crippen LogP contribution < -0.4 is 10.6 Å². The Morgan fingerprint density at radius 2 is 1.65 bits per heavy atom. The molecule has 23 heavy (non-hydrogen) atoms. The van der Waals surface area contributed by atoms with Gasteiger partial charge < -0.3 is 10.6 Å². The minimum atomic E-state index is -0.314. The molecule has 4 heteroatoms. The van der Waals surface area contributed by atoms with E-state index in [1.54, 1.807) is 0 Å². The summed E-state index contributed by atoms with van der Waals surface area (Å²) in [5.74, 6) is -0.235. The van der Waals surface area contributed by atoms with Crippen molar-refractivity contribution in [3.8, 4) is 0 Å². The number of carbonyl (C=O) groups excluding carboxylic acids is 2. The third-order valence-corrected chi connectivity index (χ3v) is 3.71. The van der Waals surface area contributed by atoms with Crippen LogP contribution in [0.2, 0.25) is 0 Å². The fraction of sp³-hybridized carbons (Fsp3) is 0.263. The molecule has 0 bridgehead atoms. The van der Waals surface area contributed by atoms with Gasteiger partial charge in [0.2, 0.25) is 11.8 Å². The average molecular weight is 310 g/mol. The van der Waals surface area contributed by atoms with Gasteiger partial charge in [0.15, 0.2) is 0 Å². The van der Waals surface area contributed by atoms with Crippen LogP contribution in [0.1, 0.15) is 36.1 Å². The lowest BCUT2D eigenvalue weighted by Crippen LogP contribution is -2.32. The molecule has 0 saturated carbocycles. The summed E-state index contributed by atoms with van der Waals surface area (Å²) < 4.78 is 0. The summed E-state index contributed by atoms with van der Waals surface area (Å²) in [6.07, 6.45) is 0.218. The lowest BCUT2D eigenvalue weighted by molar-refractivity contribution is -0.122. The van der Waals surface area contributed by atoms with E-state index in [9.17, 15) is 9.59 Å². The van der Waals surface area contributed by atoms with Crippen LogP contribution in [-0.2, 0) is 16.1 Å². The molecule has 2 amide bonds. The topological polar surface area (TPSA) is 58.2 Å². The number of rotatable bonds is 6. The van der Waals surface area contributed by atoms with Gasteiger partial charge >= 0.3 is 0 Å². The third kappa shape index (κ3) is 5.25. The molecule has 0 aliphatic heterocycles. The summed E-state index contributed by atoms with van der Waals surface area (Å²) in [7, 11) is 0. The summed E-state index contributed by atoms with van der Waals surface area (Å²) in [5.41, 5.74) is 3.17. The number of hydrogen-bond acceptors (Lipinski definition) is 2. The first-order valence-electron chi connectivity index (χ1n) is 7.69. The largest absolute Gasteiger partial charge is 0.352 e. The van der Waals surface area contributed by atoms with E-state index in [0.29, 0.717) is 6.54 Å². The molecule has 0 fully saturated rings. The summed E-state index contributed by atoms with van der Waals surface area (Å²) in [4.78, 5) is 23.6. The molecule has 4 nitrogen and oxygen atoms in total. The van der Waals surface area contributed by atoms with Crippen molar-refractivity contribution in [1.82, 2.24) is 10.6 Å². The van der Waals surface area contributed by atoms with Gasteiger partial charge in [-0.1, -0.05) is 54.6 Å². The predicted octanol–water partition coefficient (Wildman–Crippen LogP) is 2.88. The van der Waals surface area contributed by atoms with Crippen LogP contribution in [0.4, 0.5) is 0 Å². The predicted molar refractivity (Wildman–Crippen MR) is 90.6 cm³/mol. The minimum absolute atomic E-state index is 0.0872. The Hall–Kier alpha value is -2.62. The Balaban J connectivity index is 1.98. The molecule has 0 aliphatic rings. The molecule has 2 rings (SSSR count). The van der Waals surface area contributed by atoms with E-state index in [1.165, 1.54) is 6.92 Å². The zero-order chi connectivity index (χ0) is 16.7. The number of amides is 2. The Morgan fingerprint density at radius 1 is 1.00 bits per heavy atom. The summed E-state index contributed by atoms with van der Waals surface area (Å²) in [6, 6.07) is 17.2. The third-order valence-electron chi connectivity index (χ3n) is 3.71. The van der Waals surface area contributed by atoms with E-state index in [-0.39, 0.29) is 24.3 Å². The van der Waals surface area contributed by atoms with Crippen LogP contribution in [0.3, 0.4) is 0 Å². The minimum Gasteiger partial charge on any atom is -0.352 e. The van der Waals surface area contributed by atoms with Gasteiger partial charge in [-0.25, -0.2) is 0 Å². The van der Waals surface area contributed by atoms with Crippen molar-refractivity contribution in [3.05, 3.63) is 71.3 Å². The van der Waals surface area contributed by atoms with Gasteiger partial charge in [-0.2, -0.15) is 0 Å². The zero-order valence-corrected chi connectivity index (χ0v) is 13.5. The van der Waals surface area contributed by atoms with Crippen molar-refractivity contribution in [3.63, 3.8) is 0 Å². The van der Waals surface area contributed by atoms with Gasteiger partial charge in [-0.15, -0.1) is 0 Å². The summed E-state index contributed by atoms with van der Waals surface area (Å²) in [5, 5.41) is 5.76. The monoisotopic (exact) mass is 310 g/mol. The molecule has 1 atom stereocenters. The molecule has 2 aromatic carbocycles. The van der Waals surface area contributed by atoms with E-state index in [0.717, 1.165) is 16.7 Å². The highest BCUT2D eigenvalue weighted by Crippen LogP contribution is 2.16.